The fourth-order valence-corrected chi connectivity index (χ4v) is 3.46. The largest absolute Gasteiger partial charge is 0.334 e. The summed E-state index contributed by atoms with van der Waals surface area (Å²) in [7, 11) is 0. The minimum Gasteiger partial charge on any atom is -0.334 e. The maximum Gasteiger partial charge on any atom is 0.264 e. The van der Waals surface area contributed by atoms with Crippen molar-refractivity contribution in [3.8, 4) is 0 Å². The predicted octanol–water partition coefficient (Wildman–Crippen LogP) is 4.21. The standard InChI is InChI=1S/C22H26FN7OS/c1-4-14(2)16-7-11-19(12-8-16)25-20(31)13-32-22-29-28-21(30(22)24)27-26-15(3)17-5-9-18(23)10-6-17/h5-12,14H,4,13,24H2,1-3H3,(H,25,31)(H,27,28)/b26-15+. The van der Waals surface area contributed by atoms with E-state index >= 15 is 0 Å². The van der Waals surface area contributed by atoms with E-state index in [2.05, 4.69) is 39.9 Å². The second kappa shape index (κ2) is 10.8. The van der Waals surface area contributed by atoms with Crippen molar-refractivity contribution in [1.29, 1.82) is 0 Å². The molecule has 1 unspecified atom stereocenters. The summed E-state index contributed by atoms with van der Waals surface area (Å²) in [6, 6.07) is 13.8. The molecule has 3 aromatic rings. The van der Waals surface area contributed by atoms with E-state index in [1.807, 2.05) is 24.3 Å². The van der Waals surface area contributed by atoms with Gasteiger partial charge in [-0.05, 0) is 54.7 Å². The van der Waals surface area contributed by atoms with Crippen molar-refractivity contribution in [2.45, 2.75) is 38.3 Å². The Morgan fingerprint density at radius 3 is 2.53 bits per heavy atom. The molecule has 2 aromatic carbocycles. The van der Waals surface area contributed by atoms with Crippen LogP contribution in [0.15, 0.2) is 58.8 Å². The van der Waals surface area contributed by atoms with Gasteiger partial charge < -0.3 is 11.2 Å². The second-order valence-electron chi connectivity index (χ2n) is 7.26. The van der Waals surface area contributed by atoms with Crippen LogP contribution in [0.2, 0.25) is 0 Å². The van der Waals surface area contributed by atoms with Gasteiger partial charge in [0, 0.05) is 5.69 Å². The zero-order valence-corrected chi connectivity index (χ0v) is 19.0. The highest BCUT2D eigenvalue weighted by Crippen LogP contribution is 2.21. The number of halogens is 1. The average molecular weight is 456 g/mol. The van der Waals surface area contributed by atoms with Gasteiger partial charge in [-0.3, -0.25) is 4.79 Å². The van der Waals surface area contributed by atoms with E-state index in [1.165, 1.54) is 22.4 Å². The molecule has 1 amide bonds. The van der Waals surface area contributed by atoms with Crippen LogP contribution in [-0.4, -0.2) is 32.2 Å². The first-order valence-electron chi connectivity index (χ1n) is 10.2. The van der Waals surface area contributed by atoms with Crippen molar-refractivity contribution in [2.75, 3.05) is 22.3 Å². The molecule has 168 valence electrons. The first kappa shape index (κ1) is 23.3. The third kappa shape index (κ3) is 6.07. The molecule has 8 nitrogen and oxygen atoms in total. The van der Waals surface area contributed by atoms with Crippen LogP contribution in [0.1, 0.15) is 44.2 Å². The Hall–Kier alpha value is -3.40. The SMILES string of the molecule is CCC(C)c1ccc(NC(=O)CSc2nnc(N/N=C(\C)c3ccc(F)cc3)n2N)cc1. The van der Waals surface area contributed by atoms with Crippen molar-refractivity contribution in [1.82, 2.24) is 14.9 Å². The van der Waals surface area contributed by atoms with Crippen LogP contribution in [-0.2, 0) is 4.79 Å². The molecule has 0 saturated heterocycles. The van der Waals surface area contributed by atoms with Crippen LogP contribution in [0.4, 0.5) is 16.0 Å². The number of anilines is 2. The van der Waals surface area contributed by atoms with Crippen molar-refractivity contribution in [2.24, 2.45) is 5.10 Å². The number of thioether (sulfide) groups is 1. The Labute approximate surface area is 190 Å². The van der Waals surface area contributed by atoms with Gasteiger partial charge >= 0.3 is 0 Å². The van der Waals surface area contributed by atoms with E-state index < -0.39 is 0 Å². The summed E-state index contributed by atoms with van der Waals surface area (Å²) in [5.41, 5.74) is 6.10. The van der Waals surface area contributed by atoms with E-state index in [1.54, 1.807) is 19.1 Å². The van der Waals surface area contributed by atoms with E-state index in [0.29, 0.717) is 16.8 Å². The molecule has 0 fully saturated rings. The summed E-state index contributed by atoms with van der Waals surface area (Å²) in [5, 5.41) is 15.4. The summed E-state index contributed by atoms with van der Waals surface area (Å²) in [4.78, 5) is 12.3. The topological polar surface area (TPSA) is 110 Å². The summed E-state index contributed by atoms with van der Waals surface area (Å²) in [6.07, 6.45) is 1.07. The summed E-state index contributed by atoms with van der Waals surface area (Å²) >= 11 is 1.16. The smallest absolute Gasteiger partial charge is 0.264 e. The molecular formula is C22H26FN7OS. The number of nitrogens with two attached hydrogens (primary N) is 1. The molecule has 0 saturated carbocycles. The number of hydrogen-bond acceptors (Lipinski definition) is 7. The van der Waals surface area contributed by atoms with Crippen LogP contribution >= 0.6 is 11.8 Å². The monoisotopic (exact) mass is 455 g/mol. The normalized spacial score (nSPS) is 12.4. The van der Waals surface area contributed by atoms with Crippen LogP contribution in [0.3, 0.4) is 0 Å². The predicted molar refractivity (Wildman–Crippen MR) is 127 cm³/mol. The number of carbonyl (C=O) groups is 1. The summed E-state index contributed by atoms with van der Waals surface area (Å²) < 4.78 is 14.3. The van der Waals surface area contributed by atoms with Gasteiger partial charge in [-0.15, -0.1) is 10.2 Å². The van der Waals surface area contributed by atoms with E-state index in [9.17, 15) is 9.18 Å². The third-order valence-corrected chi connectivity index (χ3v) is 5.90. The number of rotatable bonds is 9. The fraction of sp³-hybridized carbons (Fsp3) is 0.273. The minimum atomic E-state index is -0.315. The zero-order valence-electron chi connectivity index (χ0n) is 18.2. The lowest BCUT2D eigenvalue weighted by Gasteiger charge is -2.10. The highest BCUT2D eigenvalue weighted by atomic mass is 32.2. The number of hydrazone groups is 1. The Balaban J connectivity index is 1.53. The van der Waals surface area contributed by atoms with Crippen LogP contribution in [0.5, 0.6) is 0 Å². The highest BCUT2D eigenvalue weighted by molar-refractivity contribution is 7.99. The summed E-state index contributed by atoms with van der Waals surface area (Å²) in [6.45, 7) is 6.09. The molecule has 1 heterocycles. The Morgan fingerprint density at radius 2 is 1.88 bits per heavy atom. The number of carbonyl (C=O) groups excluding carboxylic acids is 1. The van der Waals surface area contributed by atoms with Gasteiger partial charge in [0.2, 0.25) is 11.1 Å². The van der Waals surface area contributed by atoms with Gasteiger partial charge in [0.1, 0.15) is 5.82 Å². The molecule has 1 aromatic heterocycles. The number of nitrogens with one attached hydrogen (secondary N) is 2. The molecule has 3 rings (SSSR count). The number of aromatic nitrogens is 3. The molecule has 1 atom stereocenters. The number of benzene rings is 2. The second-order valence-corrected chi connectivity index (χ2v) is 8.20. The Morgan fingerprint density at radius 1 is 1.19 bits per heavy atom. The fourth-order valence-electron chi connectivity index (χ4n) is 2.80. The van der Waals surface area contributed by atoms with E-state index in [0.717, 1.165) is 29.4 Å². The summed E-state index contributed by atoms with van der Waals surface area (Å²) in [5.74, 6) is 6.34. The number of amides is 1. The molecule has 32 heavy (non-hydrogen) atoms. The lowest BCUT2D eigenvalue weighted by molar-refractivity contribution is -0.113. The number of nitrogens with zero attached hydrogens (tertiary/aromatic N) is 4. The molecule has 0 aliphatic carbocycles. The van der Waals surface area contributed by atoms with Gasteiger partial charge in [-0.1, -0.05) is 49.9 Å². The maximum atomic E-state index is 13.0. The van der Waals surface area contributed by atoms with Crippen molar-refractivity contribution >= 4 is 35.0 Å². The Kier molecular flexibility index (Phi) is 7.82. The molecule has 0 aliphatic rings. The van der Waals surface area contributed by atoms with E-state index in [-0.39, 0.29) is 23.4 Å². The van der Waals surface area contributed by atoms with Crippen molar-refractivity contribution in [3.05, 3.63) is 65.5 Å². The zero-order chi connectivity index (χ0) is 23.1. The Bertz CT molecular complexity index is 1080. The number of hydrogen-bond donors (Lipinski definition) is 3. The molecule has 10 heteroatoms. The third-order valence-electron chi connectivity index (χ3n) is 4.96. The minimum absolute atomic E-state index is 0.125. The number of nitrogen functional groups attached to an aromatic ring is 1. The maximum absolute atomic E-state index is 13.0. The highest BCUT2D eigenvalue weighted by Gasteiger charge is 2.13. The van der Waals surface area contributed by atoms with Gasteiger partial charge in [0.05, 0.1) is 11.5 Å². The first-order chi connectivity index (χ1) is 15.4. The first-order valence-corrected chi connectivity index (χ1v) is 11.1. The van der Waals surface area contributed by atoms with Gasteiger partial charge in [0.25, 0.3) is 5.95 Å². The van der Waals surface area contributed by atoms with Crippen LogP contribution < -0.4 is 16.6 Å². The average Bonchev–Trinajstić information content (AvgIpc) is 3.15. The van der Waals surface area contributed by atoms with Gasteiger partial charge in [-0.25, -0.2) is 14.5 Å². The molecular weight excluding hydrogens is 429 g/mol. The van der Waals surface area contributed by atoms with Crippen LogP contribution in [0.25, 0.3) is 0 Å². The van der Waals surface area contributed by atoms with Crippen molar-refractivity contribution in [3.63, 3.8) is 0 Å². The molecule has 0 spiro atoms. The lowest BCUT2D eigenvalue weighted by atomic mass is 9.99. The lowest BCUT2D eigenvalue weighted by Crippen LogP contribution is -2.17. The van der Waals surface area contributed by atoms with Crippen LogP contribution in [0, 0.1) is 5.82 Å². The molecule has 4 N–H and O–H groups in total. The van der Waals surface area contributed by atoms with E-state index in [4.69, 9.17) is 5.84 Å². The molecule has 0 radical (unpaired) electrons. The van der Waals surface area contributed by atoms with Gasteiger partial charge in [0.15, 0.2) is 0 Å². The molecule has 0 aliphatic heterocycles. The molecule has 0 bridgehead atoms. The van der Waals surface area contributed by atoms with Crippen molar-refractivity contribution < 1.29 is 9.18 Å². The quantitative estimate of drug-likeness (QED) is 0.193. The van der Waals surface area contributed by atoms with Gasteiger partial charge in [-0.2, -0.15) is 5.10 Å².